The summed E-state index contributed by atoms with van der Waals surface area (Å²) in [6.07, 6.45) is 3.78. The van der Waals surface area contributed by atoms with Crippen molar-refractivity contribution in [2.24, 2.45) is 0 Å². The molecular formula is C29H28N2O8S2. The summed E-state index contributed by atoms with van der Waals surface area (Å²) in [6.45, 7) is 3.65. The van der Waals surface area contributed by atoms with Gasteiger partial charge in [-0.2, -0.15) is 8.42 Å². The highest BCUT2D eigenvalue weighted by atomic mass is 32.2. The highest BCUT2D eigenvalue weighted by molar-refractivity contribution is 7.85. The van der Waals surface area contributed by atoms with Crippen LogP contribution < -0.4 is 14.2 Å². The molecule has 214 valence electrons. The molecule has 0 atom stereocenters. The summed E-state index contributed by atoms with van der Waals surface area (Å²) >= 11 is 0. The Balaban J connectivity index is 1.58. The predicted molar refractivity (Wildman–Crippen MR) is 153 cm³/mol. The predicted octanol–water partition coefficient (Wildman–Crippen LogP) is 4.62. The largest absolute Gasteiger partial charge is 0.743 e. The van der Waals surface area contributed by atoms with Crippen molar-refractivity contribution in [1.82, 2.24) is 0 Å². The van der Waals surface area contributed by atoms with Crippen molar-refractivity contribution in [2.75, 3.05) is 17.2 Å². The van der Waals surface area contributed by atoms with Crippen LogP contribution in [0.4, 0.5) is 5.69 Å². The average Bonchev–Trinajstić information content (AvgIpc) is 3.42. The highest BCUT2D eigenvalue weighted by Crippen LogP contribution is 2.42. The number of oxazole rings is 1. The molecule has 12 heteroatoms. The second kappa shape index (κ2) is 11.1. The van der Waals surface area contributed by atoms with Crippen LogP contribution in [0.2, 0.25) is 0 Å². The van der Waals surface area contributed by atoms with Crippen LogP contribution in [0.1, 0.15) is 24.8 Å². The molecule has 5 rings (SSSR count). The summed E-state index contributed by atoms with van der Waals surface area (Å²) in [7, 11) is -8.91. The van der Waals surface area contributed by atoms with Gasteiger partial charge in [-0.25, -0.2) is 8.42 Å². The van der Waals surface area contributed by atoms with E-state index in [1.54, 1.807) is 35.3 Å². The van der Waals surface area contributed by atoms with Crippen molar-refractivity contribution in [3.63, 3.8) is 0 Å². The van der Waals surface area contributed by atoms with E-state index in [0.717, 1.165) is 16.7 Å². The number of benzene rings is 3. The number of aryl methyl sites for hydroxylation is 1. The van der Waals surface area contributed by atoms with Crippen LogP contribution in [0, 0.1) is 6.92 Å². The van der Waals surface area contributed by atoms with Crippen LogP contribution in [0.25, 0.3) is 28.3 Å². The number of rotatable bonds is 9. The molecule has 0 saturated heterocycles. The topological polar surface area (TPSA) is 141 Å². The molecule has 0 spiro atoms. The number of ether oxygens (including phenoxy) is 1. The minimum absolute atomic E-state index is 0.0781. The van der Waals surface area contributed by atoms with Gasteiger partial charge in [-0.15, -0.1) is 4.57 Å². The van der Waals surface area contributed by atoms with Crippen molar-refractivity contribution < 1.29 is 39.7 Å². The molecule has 0 radical (unpaired) electrons. The number of hydrogen-bond donors (Lipinski definition) is 1. The van der Waals surface area contributed by atoms with Gasteiger partial charge in [0.05, 0.1) is 17.5 Å². The number of hydrogen-bond acceptors (Lipinski definition) is 8. The minimum Gasteiger partial charge on any atom is -0.743 e. The first-order valence-electron chi connectivity index (χ1n) is 12.8. The molecule has 10 nitrogen and oxygen atoms in total. The Kier molecular flexibility index (Phi) is 7.75. The summed E-state index contributed by atoms with van der Waals surface area (Å²) in [5.41, 5.74) is 4.90. The Morgan fingerprint density at radius 3 is 2.46 bits per heavy atom. The third kappa shape index (κ3) is 6.68. The maximum absolute atomic E-state index is 11.7. The van der Waals surface area contributed by atoms with Gasteiger partial charge in [-0.1, -0.05) is 49.4 Å². The monoisotopic (exact) mass is 596 g/mol. The fourth-order valence-electron chi connectivity index (χ4n) is 4.63. The van der Waals surface area contributed by atoms with Crippen molar-refractivity contribution in [1.29, 1.82) is 0 Å². The summed E-state index contributed by atoms with van der Waals surface area (Å²) in [4.78, 5) is 1.66. The third-order valence-corrected chi connectivity index (χ3v) is 7.88. The molecule has 0 unspecified atom stereocenters. The molecule has 0 amide bonds. The van der Waals surface area contributed by atoms with Crippen LogP contribution in [-0.4, -0.2) is 38.2 Å². The summed E-state index contributed by atoms with van der Waals surface area (Å²) in [6, 6.07) is 20.5. The molecule has 0 aliphatic carbocycles. The number of anilines is 1. The van der Waals surface area contributed by atoms with Gasteiger partial charge in [0, 0.05) is 18.7 Å². The molecule has 1 N–H and O–H groups in total. The van der Waals surface area contributed by atoms with Crippen LogP contribution in [-0.2, 0) is 26.1 Å². The zero-order chi connectivity index (χ0) is 29.4. The van der Waals surface area contributed by atoms with E-state index in [9.17, 15) is 25.9 Å². The van der Waals surface area contributed by atoms with E-state index >= 15 is 0 Å². The molecule has 2 heterocycles. The second-order valence-electron chi connectivity index (χ2n) is 9.67. The first kappa shape index (κ1) is 28.6. The van der Waals surface area contributed by atoms with Crippen molar-refractivity contribution in [3.05, 3.63) is 95.7 Å². The fraction of sp³-hybridized carbons (Fsp3) is 0.207. The molecule has 3 aromatic carbocycles. The number of allylic oxidation sites excluding steroid dienone is 2. The minimum atomic E-state index is -4.64. The SMILES string of the molecule is CCC(=Cc1oc2ccc(C)cc2[n+]1CS(=O)(=O)[O-])C=C1Oc2ccc(-c3ccccc3)cc2N1CCS(=O)(=O)O. The van der Waals surface area contributed by atoms with Gasteiger partial charge in [-0.3, -0.25) is 4.55 Å². The van der Waals surface area contributed by atoms with E-state index in [1.165, 1.54) is 4.57 Å². The standard InChI is InChI=1S/C29H28N2O8S2/c1-3-21(17-29-31(19-41(35,36)37)24-15-20(2)9-11-26(24)39-29)16-28-30(13-14-40(32,33)34)25-18-23(10-12-27(25)38-28)22-7-5-4-6-8-22/h4-12,15-18H,3,13-14,19H2,1-2H3,(H-,32,33,34,35,36,37). The molecule has 0 saturated carbocycles. The number of aromatic nitrogens is 1. The maximum atomic E-state index is 11.7. The lowest BCUT2D eigenvalue weighted by Crippen LogP contribution is -2.39. The fourth-order valence-corrected chi connectivity index (χ4v) is 5.62. The molecule has 0 bridgehead atoms. The second-order valence-corrected chi connectivity index (χ2v) is 12.6. The van der Waals surface area contributed by atoms with Crippen LogP contribution in [0.3, 0.4) is 0 Å². The lowest BCUT2D eigenvalue weighted by atomic mass is 10.0. The van der Waals surface area contributed by atoms with Crippen molar-refractivity contribution in [2.45, 2.75) is 26.1 Å². The van der Waals surface area contributed by atoms with Gasteiger partial charge >= 0.3 is 5.89 Å². The molecule has 4 aromatic rings. The Labute approximate surface area is 238 Å². The molecule has 41 heavy (non-hydrogen) atoms. The first-order valence-corrected chi connectivity index (χ1v) is 16.0. The summed E-state index contributed by atoms with van der Waals surface area (Å²) in [5.74, 6) is -0.360. The van der Waals surface area contributed by atoms with Gasteiger partial charge in [0.1, 0.15) is 0 Å². The lowest BCUT2D eigenvalue weighted by Gasteiger charge is -2.18. The normalized spacial score (nSPS) is 15.0. The Hall–Kier alpha value is -3.97. The van der Waals surface area contributed by atoms with Crippen LogP contribution >= 0.6 is 0 Å². The summed E-state index contributed by atoms with van der Waals surface area (Å²) in [5, 5.41) is 0. The summed E-state index contributed by atoms with van der Waals surface area (Å²) < 4.78 is 81.3. The van der Waals surface area contributed by atoms with E-state index < -0.39 is 31.9 Å². The average molecular weight is 597 g/mol. The molecule has 1 aliphatic heterocycles. The van der Waals surface area contributed by atoms with Crippen LogP contribution in [0.5, 0.6) is 5.75 Å². The van der Waals surface area contributed by atoms with Crippen molar-refractivity contribution in [3.8, 4) is 16.9 Å². The first-order chi connectivity index (χ1) is 19.4. The van der Waals surface area contributed by atoms with E-state index in [1.807, 2.05) is 62.4 Å². The molecule has 1 aromatic heterocycles. The Morgan fingerprint density at radius 1 is 1.02 bits per heavy atom. The number of fused-ring (bicyclic) bond motifs is 2. The molecular weight excluding hydrogens is 568 g/mol. The highest BCUT2D eigenvalue weighted by Gasteiger charge is 2.29. The van der Waals surface area contributed by atoms with Crippen LogP contribution in [0.15, 0.2) is 88.7 Å². The Bertz CT molecular complexity index is 1890. The van der Waals surface area contributed by atoms with Crippen molar-refractivity contribution >= 4 is 43.1 Å². The maximum Gasteiger partial charge on any atom is 0.375 e. The quantitative estimate of drug-likeness (QED) is 0.216. The smallest absolute Gasteiger partial charge is 0.375 e. The van der Waals surface area contributed by atoms with E-state index in [4.69, 9.17) is 9.15 Å². The van der Waals surface area contributed by atoms with Gasteiger partial charge < -0.3 is 18.6 Å². The molecule has 1 aliphatic rings. The number of nitrogens with zero attached hydrogens (tertiary/aromatic N) is 2. The zero-order valence-corrected chi connectivity index (χ0v) is 24.0. The zero-order valence-electron chi connectivity index (χ0n) is 22.3. The molecule has 0 fully saturated rings. The third-order valence-electron chi connectivity index (χ3n) is 6.61. The van der Waals surface area contributed by atoms with E-state index in [-0.39, 0.29) is 12.4 Å². The van der Waals surface area contributed by atoms with Gasteiger partial charge in [0.15, 0.2) is 15.9 Å². The van der Waals surface area contributed by atoms with E-state index in [0.29, 0.717) is 40.4 Å². The van der Waals surface area contributed by atoms with E-state index in [2.05, 4.69) is 0 Å². The van der Waals surface area contributed by atoms with Gasteiger partial charge in [0.2, 0.25) is 17.3 Å². The van der Waals surface area contributed by atoms with Gasteiger partial charge in [-0.05, 0) is 53.8 Å². The lowest BCUT2D eigenvalue weighted by molar-refractivity contribution is -0.658. The van der Waals surface area contributed by atoms with Gasteiger partial charge in [0.25, 0.3) is 15.6 Å². The Morgan fingerprint density at radius 2 is 1.78 bits per heavy atom.